The minimum absolute atomic E-state index is 0.0754. The molecule has 0 saturated carbocycles. The number of aliphatic carboxylic acids is 1. The number of aromatic nitrogens is 1. The van der Waals surface area contributed by atoms with Crippen molar-refractivity contribution >= 4 is 16.0 Å². The molecular weight excluding hydrogens is 258 g/mol. The zero-order valence-corrected chi connectivity index (χ0v) is 10.5. The molecule has 0 bridgehead atoms. The van der Waals surface area contributed by atoms with E-state index in [4.69, 9.17) is 10.4 Å². The summed E-state index contributed by atoms with van der Waals surface area (Å²) >= 11 is 0. The minimum Gasteiger partial charge on any atom is -0.480 e. The smallest absolute Gasteiger partial charge is 0.324 e. The molecule has 2 N–H and O–H groups in total. The highest BCUT2D eigenvalue weighted by Gasteiger charge is 2.33. The third kappa shape index (κ3) is 3.03. The Kier molecular flexibility index (Phi) is 3.69. The lowest BCUT2D eigenvalue weighted by Gasteiger charge is -2.20. The number of nitrogens with one attached hydrogen (secondary N) is 1. The average Bonchev–Trinajstić information content (AvgIpc) is 2.27. The maximum Gasteiger partial charge on any atom is 0.324 e. The van der Waals surface area contributed by atoms with Crippen molar-refractivity contribution in [2.24, 2.45) is 0 Å². The molecule has 0 radical (unpaired) electrons. The molecule has 0 aliphatic rings. The quantitative estimate of drug-likeness (QED) is 0.799. The largest absolute Gasteiger partial charge is 0.480 e. The number of pyridine rings is 1. The number of hydrogen-bond donors (Lipinski definition) is 2. The van der Waals surface area contributed by atoms with Gasteiger partial charge in [-0.15, -0.1) is 0 Å². The molecule has 8 heteroatoms. The van der Waals surface area contributed by atoms with Gasteiger partial charge in [-0.25, -0.2) is 13.4 Å². The predicted octanol–water partition coefficient (Wildman–Crippen LogP) is 0.0948. The molecule has 96 valence electrons. The molecule has 7 nitrogen and oxygen atoms in total. The number of nitriles is 1. The van der Waals surface area contributed by atoms with Crippen LogP contribution in [-0.4, -0.2) is 30.0 Å². The van der Waals surface area contributed by atoms with Crippen LogP contribution in [0, 0.1) is 11.3 Å². The molecule has 1 aromatic rings. The van der Waals surface area contributed by atoms with E-state index in [1.54, 1.807) is 6.07 Å². The molecule has 1 aromatic heterocycles. The summed E-state index contributed by atoms with van der Waals surface area (Å²) in [5, 5.41) is 17.4. The van der Waals surface area contributed by atoms with Gasteiger partial charge in [0.15, 0.2) is 0 Å². The normalized spacial score (nSPS) is 11.8. The zero-order chi connectivity index (χ0) is 14.0. The van der Waals surface area contributed by atoms with Crippen LogP contribution in [0.25, 0.3) is 0 Å². The van der Waals surface area contributed by atoms with Gasteiger partial charge in [-0.3, -0.25) is 4.79 Å². The Balaban J connectivity index is 3.08. The molecule has 0 unspecified atom stereocenters. The van der Waals surface area contributed by atoms with Crippen molar-refractivity contribution in [3.05, 3.63) is 24.0 Å². The first-order valence-electron chi connectivity index (χ1n) is 4.82. The second kappa shape index (κ2) is 4.72. The second-order valence-electron chi connectivity index (χ2n) is 4.03. The second-order valence-corrected chi connectivity index (χ2v) is 5.71. The van der Waals surface area contributed by atoms with Crippen molar-refractivity contribution in [1.29, 1.82) is 5.26 Å². The summed E-state index contributed by atoms with van der Waals surface area (Å²) in [6.45, 7) is 2.45. The third-order valence-corrected chi connectivity index (χ3v) is 3.73. The van der Waals surface area contributed by atoms with Gasteiger partial charge in [-0.05, 0) is 26.0 Å². The van der Waals surface area contributed by atoms with Crippen LogP contribution < -0.4 is 4.72 Å². The fraction of sp³-hybridized carbons (Fsp3) is 0.300. The van der Waals surface area contributed by atoms with E-state index in [2.05, 4.69) is 4.98 Å². The van der Waals surface area contributed by atoms with Gasteiger partial charge in [-0.2, -0.15) is 9.98 Å². The van der Waals surface area contributed by atoms with E-state index in [1.165, 1.54) is 26.0 Å². The fourth-order valence-corrected chi connectivity index (χ4v) is 2.36. The first kappa shape index (κ1) is 14.1. The summed E-state index contributed by atoms with van der Waals surface area (Å²) in [5.41, 5.74) is -1.56. The topological polar surface area (TPSA) is 120 Å². The van der Waals surface area contributed by atoms with Gasteiger partial charge in [0, 0.05) is 6.20 Å². The molecule has 0 spiro atoms. The number of carbonyl (C=O) groups is 1. The summed E-state index contributed by atoms with van der Waals surface area (Å²) in [6, 6.07) is 4.18. The maximum atomic E-state index is 11.9. The van der Waals surface area contributed by atoms with Crippen LogP contribution in [0.15, 0.2) is 23.2 Å². The summed E-state index contributed by atoms with van der Waals surface area (Å²) in [4.78, 5) is 14.3. The van der Waals surface area contributed by atoms with Crippen LogP contribution in [0.2, 0.25) is 0 Å². The molecule has 0 atom stereocenters. The van der Waals surface area contributed by atoms with Crippen LogP contribution in [0.1, 0.15) is 19.5 Å². The van der Waals surface area contributed by atoms with E-state index < -0.39 is 21.5 Å². The van der Waals surface area contributed by atoms with Crippen LogP contribution in [-0.2, 0) is 14.8 Å². The minimum atomic E-state index is -3.99. The molecule has 0 aliphatic heterocycles. The zero-order valence-electron chi connectivity index (χ0n) is 9.71. The van der Waals surface area contributed by atoms with E-state index in [0.717, 1.165) is 6.20 Å². The number of nitrogens with zero attached hydrogens (tertiary/aromatic N) is 2. The summed E-state index contributed by atoms with van der Waals surface area (Å²) in [7, 11) is -3.99. The number of carboxylic acid groups (broad SMARTS) is 1. The Hall–Kier alpha value is -1.98. The van der Waals surface area contributed by atoms with Crippen molar-refractivity contribution in [3.63, 3.8) is 0 Å². The molecule has 0 saturated heterocycles. The molecule has 18 heavy (non-hydrogen) atoms. The summed E-state index contributed by atoms with van der Waals surface area (Å²) in [6.07, 6.45) is 0.999. The lowest BCUT2D eigenvalue weighted by Crippen LogP contribution is -2.49. The van der Waals surface area contributed by atoms with Crippen LogP contribution in [0.4, 0.5) is 0 Å². The Bertz CT molecular complexity index is 599. The van der Waals surface area contributed by atoms with Gasteiger partial charge in [-0.1, -0.05) is 0 Å². The highest BCUT2D eigenvalue weighted by Crippen LogP contribution is 2.12. The number of sulfonamides is 1. The standard InChI is InChI=1S/C10H11N3O4S/c1-10(2,9(14)15)13-18(16,17)8-4-3-7(5-11)12-6-8/h3-4,6,13H,1-2H3,(H,14,15). The first-order chi connectivity index (χ1) is 8.19. The Morgan fingerprint density at radius 2 is 2.11 bits per heavy atom. The van der Waals surface area contributed by atoms with Gasteiger partial charge >= 0.3 is 5.97 Å². The number of hydrogen-bond acceptors (Lipinski definition) is 5. The predicted molar refractivity (Wildman–Crippen MR) is 61.0 cm³/mol. The first-order valence-corrected chi connectivity index (χ1v) is 6.31. The Morgan fingerprint density at radius 3 is 2.50 bits per heavy atom. The maximum absolute atomic E-state index is 11.9. The average molecular weight is 269 g/mol. The fourth-order valence-electron chi connectivity index (χ4n) is 1.04. The lowest BCUT2D eigenvalue weighted by atomic mass is 10.1. The summed E-state index contributed by atoms with van der Waals surface area (Å²) < 4.78 is 25.7. The van der Waals surface area contributed by atoms with Gasteiger partial charge in [0.05, 0.1) is 0 Å². The van der Waals surface area contributed by atoms with E-state index in [0.29, 0.717) is 0 Å². The Labute approximate surface area is 104 Å². The molecule has 1 rings (SSSR count). The highest BCUT2D eigenvalue weighted by molar-refractivity contribution is 7.89. The SMILES string of the molecule is CC(C)(NS(=O)(=O)c1ccc(C#N)nc1)C(=O)O. The van der Waals surface area contributed by atoms with Gasteiger partial charge in [0.2, 0.25) is 10.0 Å². The highest BCUT2D eigenvalue weighted by atomic mass is 32.2. The van der Waals surface area contributed by atoms with Crippen molar-refractivity contribution < 1.29 is 18.3 Å². The molecule has 0 aliphatic carbocycles. The lowest BCUT2D eigenvalue weighted by molar-refractivity contribution is -0.142. The molecule has 0 aromatic carbocycles. The molecule has 0 amide bonds. The van der Waals surface area contributed by atoms with E-state index in [9.17, 15) is 13.2 Å². The van der Waals surface area contributed by atoms with Gasteiger partial charge in [0.1, 0.15) is 22.2 Å². The number of rotatable bonds is 4. The third-order valence-electron chi connectivity index (χ3n) is 2.09. The van der Waals surface area contributed by atoms with E-state index in [-0.39, 0.29) is 10.6 Å². The van der Waals surface area contributed by atoms with Crippen LogP contribution in [0.3, 0.4) is 0 Å². The van der Waals surface area contributed by atoms with Crippen molar-refractivity contribution in [1.82, 2.24) is 9.71 Å². The molecule has 0 fully saturated rings. The monoisotopic (exact) mass is 269 g/mol. The van der Waals surface area contributed by atoms with Crippen LogP contribution >= 0.6 is 0 Å². The van der Waals surface area contributed by atoms with Gasteiger partial charge < -0.3 is 5.11 Å². The van der Waals surface area contributed by atoms with Crippen LogP contribution in [0.5, 0.6) is 0 Å². The van der Waals surface area contributed by atoms with E-state index in [1.807, 2.05) is 4.72 Å². The van der Waals surface area contributed by atoms with Gasteiger partial charge in [0.25, 0.3) is 0 Å². The molecular formula is C10H11N3O4S. The Morgan fingerprint density at radius 1 is 1.50 bits per heavy atom. The van der Waals surface area contributed by atoms with E-state index >= 15 is 0 Å². The van der Waals surface area contributed by atoms with Crippen molar-refractivity contribution in [3.8, 4) is 6.07 Å². The summed E-state index contributed by atoms with van der Waals surface area (Å²) in [5.74, 6) is -1.30. The molecule has 1 heterocycles. The van der Waals surface area contributed by atoms with Crippen molar-refractivity contribution in [2.45, 2.75) is 24.3 Å². The number of carboxylic acids is 1. The van der Waals surface area contributed by atoms with Crippen molar-refractivity contribution in [2.75, 3.05) is 0 Å².